The van der Waals surface area contributed by atoms with Crippen molar-refractivity contribution in [3.05, 3.63) is 0 Å². The van der Waals surface area contributed by atoms with E-state index < -0.39 is 0 Å². The molecule has 10 heavy (non-hydrogen) atoms. The van der Waals surface area contributed by atoms with Gasteiger partial charge in [0, 0.05) is 24.7 Å². The summed E-state index contributed by atoms with van der Waals surface area (Å²) in [5.41, 5.74) is 5.84. The van der Waals surface area contributed by atoms with E-state index in [1.54, 1.807) is 0 Å². The molecule has 2 N–H and O–H groups in total. The predicted octanol–water partition coefficient (Wildman–Crippen LogP) is 0.570. The van der Waals surface area contributed by atoms with Crippen LogP contribution in [0, 0.1) is 0 Å². The molecule has 2 nitrogen and oxygen atoms in total. The molecule has 1 aliphatic carbocycles. The Morgan fingerprint density at radius 1 is 1.40 bits per heavy atom. The second-order valence-electron chi connectivity index (χ2n) is 3.77. The van der Waals surface area contributed by atoms with Gasteiger partial charge < -0.3 is 5.73 Å². The summed E-state index contributed by atoms with van der Waals surface area (Å²) in [4.78, 5) is 2.57. The van der Waals surface area contributed by atoms with Crippen LogP contribution in [-0.4, -0.2) is 29.6 Å². The highest BCUT2D eigenvalue weighted by molar-refractivity contribution is 4.94. The predicted molar refractivity (Wildman–Crippen MR) is 41.8 cm³/mol. The molecule has 0 aromatic heterocycles. The minimum absolute atomic E-state index is 0.454. The number of rotatable bonds is 1. The lowest BCUT2D eigenvalue weighted by Gasteiger charge is -2.19. The lowest BCUT2D eigenvalue weighted by molar-refractivity contribution is 0.257. The van der Waals surface area contributed by atoms with Gasteiger partial charge in [-0.3, -0.25) is 4.90 Å². The summed E-state index contributed by atoms with van der Waals surface area (Å²) in [6, 6.07) is 2.11. The zero-order valence-electron chi connectivity index (χ0n) is 6.59. The molecule has 2 fully saturated rings. The topological polar surface area (TPSA) is 29.3 Å². The Morgan fingerprint density at radius 2 is 2.10 bits per heavy atom. The van der Waals surface area contributed by atoms with E-state index in [1.807, 2.05) is 0 Å². The zero-order chi connectivity index (χ0) is 7.14. The third-order valence-electron chi connectivity index (χ3n) is 2.67. The molecule has 0 radical (unpaired) electrons. The molecule has 1 saturated carbocycles. The highest BCUT2D eigenvalue weighted by Gasteiger charge is 2.37. The van der Waals surface area contributed by atoms with E-state index in [2.05, 4.69) is 11.8 Å². The number of likely N-dealkylation sites (tertiary alicyclic amines) is 1. The second kappa shape index (κ2) is 2.21. The van der Waals surface area contributed by atoms with E-state index in [-0.39, 0.29) is 0 Å². The van der Waals surface area contributed by atoms with Gasteiger partial charge in [-0.1, -0.05) is 0 Å². The van der Waals surface area contributed by atoms with Crippen molar-refractivity contribution in [1.29, 1.82) is 0 Å². The van der Waals surface area contributed by atoms with Crippen molar-refractivity contribution in [2.75, 3.05) is 6.54 Å². The maximum Gasteiger partial charge on any atom is 0.0182 e. The molecule has 2 atom stereocenters. The summed E-state index contributed by atoms with van der Waals surface area (Å²) in [7, 11) is 0. The van der Waals surface area contributed by atoms with Crippen LogP contribution in [0.1, 0.15) is 26.2 Å². The van der Waals surface area contributed by atoms with Crippen molar-refractivity contribution in [3.8, 4) is 0 Å². The van der Waals surface area contributed by atoms with Crippen molar-refractivity contribution in [2.45, 2.75) is 44.3 Å². The molecule has 2 heteroatoms. The highest BCUT2D eigenvalue weighted by atomic mass is 15.2. The van der Waals surface area contributed by atoms with E-state index in [1.165, 1.54) is 19.3 Å². The van der Waals surface area contributed by atoms with Crippen molar-refractivity contribution in [1.82, 2.24) is 4.90 Å². The van der Waals surface area contributed by atoms with Gasteiger partial charge in [-0.2, -0.15) is 0 Å². The van der Waals surface area contributed by atoms with Gasteiger partial charge >= 0.3 is 0 Å². The Hall–Kier alpha value is -0.0800. The van der Waals surface area contributed by atoms with E-state index in [4.69, 9.17) is 5.73 Å². The first kappa shape index (κ1) is 6.62. The number of hydrogen-bond acceptors (Lipinski definition) is 2. The van der Waals surface area contributed by atoms with Crippen molar-refractivity contribution >= 4 is 0 Å². The molecule has 0 unspecified atom stereocenters. The molecule has 1 aliphatic heterocycles. The summed E-state index contributed by atoms with van der Waals surface area (Å²) in [5, 5.41) is 0. The molecule has 2 rings (SSSR count). The third kappa shape index (κ3) is 1.06. The van der Waals surface area contributed by atoms with E-state index >= 15 is 0 Å². The molecule has 0 aromatic rings. The van der Waals surface area contributed by atoms with Crippen molar-refractivity contribution < 1.29 is 0 Å². The first-order valence-electron chi connectivity index (χ1n) is 4.28. The molecular weight excluding hydrogens is 124 g/mol. The fourth-order valence-electron chi connectivity index (χ4n) is 2.01. The molecule has 0 bridgehead atoms. The Balaban J connectivity index is 1.95. The average molecular weight is 140 g/mol. The summed E-state index contributed by atoms with van der Waals surface area (Å²) in [6.07, 6.45) is 4.03. The van der Waals surface area contributed by atoms with Gasteiger partial charge in [-0.15, -0.1) is 0 Å². The smallest absolute Gasteiger partial charge is 0.0182 e. The fraction of sp³-hybridized carbons (Fsp3) is 1.00. The molecule has 1 heterocycles. The van der Waals surface area contributed by atoms with Gasteiger partial charge in [0.1, 0.15) is 0 Å². The first-order chi connectivity index (χ1) is 4.77. The van der Waals surface area contributed by atoms with Gasteiger partial charge in [0.25, 0.3) is 0 Å². The fourth-order valence-corrected chi connectivity index (χ4v) is 2.01. The SMILES string of the molecule is C[C@@H]1C[C@@H](N)CN1C1CC1. The quantitative estimate of drug-likeness (QED) is 0.577. The Labute approximate surface area is 62.4 Å². The largest absolute Gasteiger partial charge is 0.326 e. The number of nitrogens with zero attached hydrogens (tertiary/aromatic N) is 1. The second-order valence-corrected chi connectivity index (χ2v) is 3.77. The van der Waals surface area contributed by atoms with Gasteiger partial charge in [-0.05, 0) is 26.2 Å². The van der Waals surface area contributed by atoms with Crippen LogP contribution in [0.2, 0.25) is 0 Å². The van der Waals surface area contributed by atoms with Crippen LogP contribution >= 0.6 is 0 Å². The maximum absolute atomic E-state index is 5.84. The van der Waals surface area contributed by atoms with Crippen molar-refractivity contribution in [2.24, 2.45) is 5.73 Å². The third-order valence-corrected chi connectivity index (χ3v) is 2.67. The molecule has 1 saturated heterocycles. The molecule has 2 aliphatic rings. The summed E-state index contributed by atoms with van der Waals surface area (Å²) in [6.45, 7) is 3.44. The molecular formula is C8H16N2. The lowest BCUT2D eigenvalue weighted by atomic mass is 10.2. The molecule has 58 valence electrons. The van der Waals surface area contributed by atoms with Crippen LogP contribution in [0.4, 0.5) is 0 Å². The van der Waals surface area contributed by atoms with Crippen LogP contribution in [0.5, 0.6) is 0 Å². The first-order valence-corrected chi connectivity index (χ1v) is 4.28. The Bertz CT molecular complexity index is 131. The minimum Gasteiger partial charge on any atom is -0.326 e. The summed E-state index contributed by atoms with van der Waals surface area (Å²) >= 11 is 0. The summed E-state index contributed by atoms with van der Waals surface area (Å²) < 4.78 is 0. The summed E-state index contributed by atoms with van der Waals surface area (Å²) in [5.74, 6) is 0. The Kier molecular flexibility index (Phi) is 1.46. The van der Waals surface area contributed by atoms with Gasteiger partial charge in [0.15, 0.2) is 0 Å². The van der Waals surface area contributed by atoms with Crippen LogP contribution in [-0.2, 0) is 0 Å². The number of hydrogen-bond donors (Lipinski definition) is 1. The monoisotopic (exact) mass is 140 g/mol. The van der Waals surface area contributed by atoms with E-state index in [9.17, 15) is 0 Å². The van der Waals surface area contributed by atoms with Crippen LogP contribution in [0.3, 0.4) is 0 Å². The van der Waals surface area contributed by atoms with Gasteiger partial charge in [0.05, 0.1) is 0 Å². The lowest BCUT2D eigenvalue weighted by Crippen LogP contribution is -2.31. The Morgan fingerprint density at radius 3 is 2.50 bits per heavy atom. The standard InChI is InChI=1S/C8H16N2/c1-6-4-7(9)5-10(6)8-2-3-8/h6-8H,2-5,9H2,1H3/t6-,7-/m1/s1. The molecule has 0 amide bonds. The molecule has 0 spiro atoms. The zero-order valence-corrected chi connectivity index (χ0v) is 6.59. The maximum atomic E-state index is 5.84. The highest BCUT2D eigenvalue weighted by Crippen LogP contribution is 2.32. The normalized spacial score (nSPS) is 42.6. The van der Waals surface area contributed by atoms with E-state index in [0.717, 1.165) is 18.6 Å². The minimum atomic E-state index is 0.454. The van der Waals surface area contributed by atoms with Gasteiger partial charge in [-0.25, -0.2) is 0 Å². The average Bonchev–Trinajstić information content (AvgIpc) is 2.61. The van der Waals surface area contributed by atoms with Crippen molar-refractivity contribution in [3.63, 3.8) is 0 Å². The van der Waals surface area contributed by atoms with Crippen LogP contribution in [0.15, 0.2) is 0 Å². The van der Waals surface area contributed by atoms with E-state index in [0.29, 0.717) is 6.04 Å². The van der Waals surface area contributed by atoms with Gasteiger partial charge in [0.2, 0.25) is 0 Å². The van der Waals surface area contributed by atoms with Crippen LogP contribution < -0.4 is 5.73 Å². The molecule has 0 aromatic carbocycles. The van der Waals surface area contributed by atoms with Crippen LogP contribution in [0.25, 0.3) is 0 Å². The number of nitrogens with two attached hydrogens (primary N) is 1.